The van der Waals surface area contributed by atoms with Crippen LogP contribution in [0.4, 0.5) is 0 Å². The first kappa shape index (κ1) is 21.8. The average molecular weight is 434 g/mol. The summed E-state index contributed by atoms with van der Waals surface area (Å²) in [5.74, 6) is 0.979. The molecule has 0 bridgehead atoms. The first-order valence-electron chi connectivity index (χ1n) is 10.9. The lowest BCUT2D eigenvalue weighted by Crippen LogP contribution is -2.40. The highest BCUT2D eigenvalue weighted by molar-refractivity contribution is 6.01. The minimum atomic E-state index is -0.616. The fraction of sp³-hybridized carbons (Fsp3) is 0.346. The van der Waals surface area contributed by atoms with Crippen LogP contribution in [0.5, 0.6) is 5.75 Å². The second-order valence-electron chi connectivity index (χ2n) is 8.31. The van der Waals surface area contributed by atoms with Crippen molar-refractivity contribution in [3.05, 3.63) is 64.9 Å². The lowest BCUT2D eigenvalue weighted by molar-refractivity contribution is -0.122. The second kappa shape index (κ2) is 8.99. The number of ketones is 2. The van der Waals surface area contributed by atoms with E-state index >= 15 is 0 Å². The molecule has 0 N–H and O–H groups in total. The van der Waals surface area contributed by atoms with E-state index in [1.54, 1.807) is 17.0 Å². The molecule has 2 aromatic carbocycles. The Morgan fingerprint density at radius 2 is 1.97 bits per heavy atom. The Morgan fingerprint density at radius 1 is 1.16 bits per heavy atom. The topological polar surface area (TPSA) is 76.8 Å². The molecule has 1 aliphatic heterocycles. The largest absolute Gasteiger partial charge is 0.485 e. The Morgan fingerprint density at radius 3 is 2.69 bits per heavy atom. The molecular weight excluding hydrogens is 406 g/mol. The van der Waals surface area contributed by atoms with Gasteiger partial charge < -0.3 is 18.8 Å². The number of hydrogen-bond acceptors (Lipinski definition) is 5. The molecule has 32 heavy (non-hydrogen) atoms. The maximum Gasteiger partial charge on any atom is 0.255 e. The summed E-state index contributed by atoms with van der Waals surface area (Å²) in [6.45, 7) is 5.58. The van der Waals surface area contributed by atoms with Gasteiger partial charge in [0.05, 0.1) is 12.6 Å². The number of rotatable bonds is 9. The Labute approximate surface area is 187 Å². The first-order valence-corrected chi connectivity index (χ1v) is 10.9. The summed E-state index contributed by atoms with van der Waals surface area (Å²) in [4.78, 5) is 38.2. The maximum absolute atomic E-state index is 13.0. The molecule has 4 rings (SSSR count). The van der Waals surface area contributed by atoms with Crippen molar-refractivity contribution >= 4 is 28.4 Å². The van der Waals surface area contributed by atoms with E-state index in [2.05, 4.69) is 13.0 Å². The van der Waals surface area contributed by atoms with Gasteiger partial charge in [-0.2, -0.15) is 0 Å². The van der Waals surface area contributed by atoms with Gasteiger partial charge in [0.25, 0.3) is 5.91 Å². The van der Waals surface area contributed by atoms with E-state index in [9.17, 15) is 14.4 Å². The van der Waals surface area contributed by atoms with Crippen LogP contribution in [-0.2, 0) is 29.2 Å². The average Bonchev–Trinajstić information content (AvgIpc) is 3.32. The van der Waals surface area contributed by atoms with Gasteiger partial charge in [0.1, 0.15) is 29.5 Å². The maximum atomic E-state index is 13.0. The molecule has 0 spiro atoms. The quantitative estimate of drug-likeness (QED) is 0.482. The minimum absolute atomic E-state index is 0.00123. The molecule has 166 valence electrons. The fourth-order valence-corrected chi connectivity index (χ4v) is 4.20. The third-order valence-electron chi connectivity index (χ3n) is 5.98. The third kappa shape index (κ3) is 4.31. The van der Waals surface area contributed by atoms with Crippen LogP contribution in [0.2, 0.25) is 0 Å². The first-order chi connectivity index (χ1) is 15.4. The van der Waals surface area contributed by atoms with Crippen LogP contribution in [0.3, 0.4) is 0 Å². The number of carbonyl (C=O) groups excluding carboxylic acids is 3. The molecule has 0 radical (unpaired) electrons. The smallest absolute Gasteiger partial charge is 0.255 e. The van der Waals surface area contributed by atoms with Crippen LogP contribution in [-0.4, -0.2) is 28.4 Å². The lowest BCUT2D eigenvalue weighted by Gasteiger charge is -2.25. The highest BCUT2D eigenvalue weighted by Crippen LogP contribution is 2.34. The monoisotopic (exact) mass is 433 g/mol. The van der Waals surface area contributed by atoms with E-state index < -0.39 is 6.04 Å². The SMILES string of the molecule is CCc1ccc2cc(COc3cccc4c3CN(C(CCC(C)=O)C(C)=O)C4=O)oc2c1. The molecule has 0 saturated heterocycles. The van der Waals surface area contributed by atoms with Gasteiger partial charge in [0.15, 0.2) is 5.78 Å². The zero-order valence-corrected chi connectivity index (χ0v) is 18.6. The van der Waals surface area contributed by atoms with Crippen molar-refractivity contribution in [3.8, 4) is 5.75 Å². The molecule has 1 aromatic heterocycles. The number of ether oxygens (including phenoxy) is 1. The number of furan rings is 1. The van der Waals surface area contributed by atoms with E-state index in [4.69, 9.17) is 9.15 Å². The van der Waals surface area contributed by atoms with Crippen LogP contribution in [0.15, 0.2) is 46.9 Å². The van der Waals surface area contributed by atoms with Gasteiger partial charge in [0.2, 0.25) is 0 Å². The van der Waals surface area contributed by atoms with Crippen molar-refractivity contribution in [2.75, 3.05) is 0 Å². The predicted octanol–water partition coefficient (Wildman–Crippen LogP) is 4.86. The van der Waals surface area contributed by atoms with Gasteiger partial charge in [-0.1, -0.05) is 25.1 Å². The molecule has 2 heterocycles. The molecule has 0 aliphatic carbocycles. The molecule has 3 aromatic rings. The molecule has 0 fully saturated rings. The van der Waals surface area contributed by atoms with E-state index in [0.29, 0.717) is 23.5 Å². The molecule has 6 nitrogen and oxygen atoms in total. The number of nitrogens with zero attached hydrogens (tertiary/aromatic N) is 1. The molecule has 1 aliphatic rings. The Bertz CT molecular complexity index is 1190. The minimum Gasteiger partial charge on any atom is -0.485 e. The number of amides is 1. The van der Waals surface area contributed by atoms with Crippen LogP contribution >= 0.6 is 0 Å². The van der Waals surface area contributed by atoms with Crippen molar-refractivity contribution in [1.82, 2.24) is 4.90 Å². The number of fused-ring (bicyclic) bond motifs is 2. The summed E-state index contributed by atoms with van der Waals surface area (Å²) < 4.78 is 12.0. The fourth-order valence-electron chi connectivity index (χ4n) is 4.20. The molecule has 6 heteroatoms. The van der Waals surface area contributed by atoms with Gasteiger partial charge in [-0.25, -0.2) is 0 Å². The molecule has 1 unspecified atom stereocenters. The zero-order valence-electron chi connectivity index (χ0n) is 18.6. The zero-order chi connectivity index (χ0) is 22.8. The van der Waals surface area contributed by atoms with E-state index in [1.165, 1.54) is 19.4 Å². The highest BCUT2D eigenvalue weighted by Gasteiger charge is 2.36. The van der Waals surface area contributed by atoms with Crippen molar-refractivity contribution in [2.45, 2.75) is 59.2 Å². The number of hydrogen-bond donors (Lipinski definition) is 0. The number of Topliss-reactive ketones (excluding diaryl/α,β-unsaturated/α-hetero) is 2. The second-order valence-corrected chi connectivity index (χ2v) is 8.31. The number of aryl methyl sites for hydroxylation is 1. The van der Waals surface area contributed by atoms with Crippen molar-refractivity contribution < 1.29 is 23.5 Å². The Hall–Kier alpha value is -3.41. The normalized spacial score (nSPS) is 14.0. The third-order valence-corrected chi connectivity index (χ3v) is 5.98. The van der Waals surface area contributed by atoms with E-state index in [-0.39, 0.29) is 37.0 Å². The van der Waals surface area contributed by atoms with Crippen LogP contribution in [0, 0.1) is 0 Å². The van der Waals surface area contributed by atoms with Crippen molar-refractivity contribution in [2.24, 2.45) is 0 Å². The Balaban J connectivity index is 1.52. The van der Waals surface area contributed by atoms with Gasteiger partial charge in [0, 0.05) is 22.9 Å². The van der Waals surface area contributed by atoms with Crippen LogP contribution in [0.25, 0.3) is 11.0 Å². The molecule has 0 saturated carbocycles. The summed E-state index contributed by atoms with van der Waals surface area (Å²) in [5, 5.41) is 1.02. The molecular formula is C26H27NO5. The van der Waals surface area contributed by atoms with Crippen LogP contribution < -0.4 is 4.74 Å². The summed E-state index contributed by atoms with van der Waals surface area (Å²) in [6, 6.07) is 12.9. The van der Waals surface area contributed by atoms with E-state index in [0.717, 1.165) is 23.0 Å². The highest BCUT2D eigenvalue weighted by atomic mass is 16.5. The van der Waals surface area contributed by atoms with Crippen molar-refractivity contribution in [1.29, 1.82) is 0 Å². The lowest BCUT2D eigenvalue weighted by atomic mass is 10.0. The van der Waals surface area contributed by atoms with E-state index in [1.807, 2.05) is 24.3 Å². The van der Waals surface area contributed by atoms with Crippen molar-refractivity contribution in [3.63, 3.8) is 0 Å². The Kier molecular flexibility index (Phi) is 6.12. The molecule has 1 amide bonds. The standard InChI is InChI=1S/C26H27NO5/c1-4-18-9-10-19-13-20(32-25(19)12-18)15-31-24-7-5-6-21-22(24)14-27(26(21)30)23(17(3)29)11-8-16(2)28/h5-7,9-10,12-13,23H,4,8,11,14-15H2,1-3H3. The van der Waals surface area contributed by atoms with Gasteiger partial charge in [-0.15, -0.1) is 0 Å². The molecule has 1 atom stereocenters. The van der Waals surface area contributed by atoms with Gasteiger partial charge in [-0.3, -0.25) is 9.59 Å². The van der Waals surface area contributed by atoms with Gasteiger partial charge >= 0.3 is 0 Å². The summed E-state index contributed by atoms with van der Waals surface area (Å²) >= 11 is 0. The summed E-state index contributed by atoms with van der Waals surface area (Å²) in [6.07, 6.45) is 1.54. The summed E-state index contributed by atoms with van der Waals surface area (Å²) in [5.41, 5.74) is 3.34. The number of carbonyl (C=O) groups is 3. The number of benzene rings is 2. The summed E-state index contributed by atoms with van der Waals surface area (Å²) in [7, 11) is 0. The van der Waals surface area contributed by atoms with Crippen LogP contribution in [0.1, 0.15) is 60.9 Å². The predicted molar refractivity (Wildman–Crippen MR) is 121 cm³/mol. The van der Waals surface area contributed by atoms with Gasteiger partial charge in [-0.05, 0) is 56.5 Å².